The molecular weight excluding hydrogens is 402 g/mol. The van der Waals surface area contributed by atoms with E-state index in [9.17, 15) is 14.4 Å². The van der Waals surface area contributed by atoms with Crippen LogP contribution in [0.15, 0.2) is 77.0 Å². The van der Waals surface area contributed by atoms with E-state index < -0.39 is 5.97 Å². The number of para-hydroxylation sites is 1. The first kappa shape index (κ1) is 19.5. The number of esters is 1. The average Bonchev–Trinajstić information content (AvgIpc) is 3.22. The molecule has 0 atom stereocenters. The summed E-state index contributed by atoms with van der Waals surface area (Å²) < 4.78 is 6.76. The molecule has 1 amide bonds. The highest BCUT2D eigenvalue weighted by atomic mass is 32.1. The lowest BCUT2D eigenvalue weighted by molar-refractivity contribution is -0.115. The molecule has 2 heterocycles. The molecule has 1 N–H and O–H groups in total. The number of thiazole rings is 1. The first-order valence-electron chi connectivity index (χ1n) is 9.16. The summed E-state index contributed by atoms with van der Waals surface area (Å²) in [6.45, 7) is -0.144. The number of carbonyl (C=O) groups is 2. The number of hydrogen-bond donors (Lipinski definition) is 1. The molecule has 0 radical (unpaired) electrons. The zero-order chi connectivity index (χ0) is 20.9. The minimum absolute atomic E-state index is 0.144. The molecule has 2 aromatic carbocycles. The summed E-state index contributed by atoms with van der Waals surface area (Å²) in [5.41, 5.74) is 1.59. The van der Waals surface area contributed by atoms with Gasteiger partial charge in [0.05, 0.1) is 23.4 Å². The van der Waals surface area contributed by atoms with Gasteiger partial charge >= 0.3 is 5.97 Å². The minimum Gasteiger partial charge on any atom is -0.456 e. The Balaban J connectivity index is 1.45. The van der Waals surface area contributed by atoms with Gasteiger partial charge in [0, 0.05) is 17.6 Å². The number of rotatable bonds is 6. The second kappa shape index (κ2) is 8.71. The van der Waals surface area contributed by atoms with Gasteiger partial charge in [-0.25, -0.2) is 9.78 Å². The molecule has 4 aromatic rings. The van der Waals surface area contributed by atoms with Crippen molar-refractivity contribution in [3.05, 3.63) is 99.4 Å². The number of hydrogen-bond acceptors (Lipinski definition) is 6. The van der Waals surface area contributed by atoms with Gasteiger partial charge in [0.2, 0.25) is 5.91 Å². The van der Waals surface area contributed by atoms with Crippen LogP contribution in [0.3, 0.4) is 0 Å². The third-order valence-corrected chi connectivity index (χ3v) is 5.09. The fraction of sp³-hybridized carbons (Fsp3) is 0.0909. The molecule has 8 heteroatoms. The fourth-order valence-electron chi connectivity index (χ4n) is 2.92. The Hall–Kier alpha value is -3.78. The highest BCUT2D eigenvalue weighted by molar-refractivity contribution is 7.15. The summed E-state index contributed by atoms with van der Waals surface area (Å²) in [5.74, 6) is -0.849. The van der Waals surface area contributed by atoms with Gasteiger partial charge in [-0.1, -0.05) is 42.5 Å². The van der Waals surface area contributed by atoms with Crippen molar-refractivity contribution in [3.8, 4) is 0 Å². The molecule has 0 saturated heterocycles. The van der Waals surface area contributed by atoms with E-state index in [0.29, 0.717) is 16.3 Å². The number of fused-ring (bicyclic) bond motifs is 1. The van der Waals surface area contributed by atoms with E-state index in [2.05, 4.69) is 10.3 Å². The van der Waals surface area contributed by atoms with E-state index in [1.165, 1.54) is 21.8 Å². The topological polar surface area (TPSA) is 89.8 Å². The van der Waals surface area contributed by atoms with Gasteiger partial charge in [-0.15, -0.1) is 11.3 Å². The second-order valence-electron chi connectivity index (χ2n) is 6.47. The molecule has 0 unspecified atom stereocenters. The van der Waals surface area contributed by atoms with E-state index in [0.717, 1.165) is 5.56 Å². The van der Waals surface area contributed by atoms with Crippen LogP contribution in [0.2, 0.25) is 0 Å². The molecular formula is C22H17N3O4S. The molecule has 0 spiro atoms. The van der Waals surface area contributed by atoms with E-state index >= 15 is 0 Å². The largest absolute Gasteiger partial charge is 0.456 e. The van der Waals surface area contributed by atoms with Crippen molar-refractivity contribution in [1.29, 1.82) is 0 Å². The molecule has 0 aliphatic rings. The molecule has 2 aromatic heterocycles. The predicted octanol–water partition coefficient (Wildman–Crippen LogP) is 3.29. The number of benzene rings is 2. The number of carbonyl (C=O) groups excluding carboxylic acids is 2. The zero-order valence-corrected chi connectivity index (χ0v) is 16.6. The van der Waals surface area contributed by atoms with Crippen LogP contribution in [0.4, 0.5) is 5.69 Å². The monoisotopic (exact) mass is 419 g/mol. The molecule has 30 heavy (non-hydrogen) atoms. The Kier molecular flexibility index (Phi) is 5.67. The normalized spacial score (nSPS) is 10.7. The van der Waals surface area contributed by atoms with Gasteiger partial charge in [0.25, 0.3) is 5.56 Å². The zero-order valence-electron chi connectivity index (χ0n) is 15.8. The summed E-state index contributed by atoms with van der Waals surface area (Å²) in [6.07, 6.45) is 1.83. The summed E-state index contributed by atoms with van der Waals surface area (Å²) in [4.78, 5) is 41.8. The Morgan fingerprint density at radius 1 is 1.07 bits per heavy atom. The van der Waals surface area contributed by atoms with E-state index in [1.807, 2.05) is 30.3 Å². The number of ether oxygens (including phenoxy) is 1. The van der Waals surface area contributed by atoms with E-state index in [-0.39, 0.29) is 30.1 Å². The number of anilines is 1. The number of nitrogens with one attached hydrogen (secondary N) is 1. The van der Waals surface area contributed by atoms with Gasteiger partial charge in [-0.3, -0.25) is 14.0 Å². The van der Waals surface area contributed by atoms with Crippen LogP contribution in [-0.2, 0) is 22.6 Å². The van der Waals surface area contributed by atoms with Crippen LogP contribution in [0.1, 0.15) is 21.6 Å². The molecule has 0 fully saturated rings. The van der Waals surface area contributed by atoms with Gasteiger partial charge < -0.3 is 10.1 Å². The van der Waals surface area contributed by atoms with Crippen LogP contribution in [0.25, 0.3) is 4.96 Å². The predicted molar refractivity (Wildman–Crippen MR) is 114 cm³/mol. The summed E-state index contributed by atoms with van der Waals surface area (Å²) in [5, 5.41) is 4.52. The van der Waals surface area contributed by atoms with Crippen LogP contribution >= 0.6 is 11.3 Å². The van der Waals surface area contributed by atoms with Gasteiger partial charge in [-0.05, 0) is 17.7 Å². The SMILES string of the molecule is O=C(Cc1ccccc1)Nc1ccccc1C(=O)OCc1cc(=O)n2ccsc2n1. The number of nitrogens with zero attached hydrogens (tertiary/aromatic N) is 2. The van der Waals surface area contributed by atoms with Crippen molar-refractivity contribution in [2.45, 2.75) is 13.0 Å². The lowest BCUT2D eigenvalue weighted by Gasteiger charge is -2.11. The Morgan fingerprint density at radius 2 is 1.83 bits per heavy atom. The van der Waals surface area contributed by atoms with Crippen LogP contribution in [0.5, 0.6) is 0 Å². The Morgan fingerprint density at radius 3 is 2.67 bits per heavy atom. The summed E-state index contributed by atoms with van der Waals surface area (Å²) in [7, 11) is 0. The van der Waals surface area contributed by atoms with Gasteiger partial charge in [0.1, 0.15) is 6.61 Å². The maximum Gasteiger partial charge on any atom is 0.340 e. The first-order chi connectivity index (χ1) is 14.6. The van der Waals surface area contributed by atoms with E-state index in [1.54, 1.807) is 35.8 Å². The van der Waals surface area contributed by atoms with Crippen molar-refractivity contribution in [1.82, 2.24) is 9.38 Å². The van der Waals surface area contributed by atoms with Crippen molar-refractivity contribution < 1.29 is 14.3 Å². The summed E-state index contributed by atoms with van der Waals surface area (Å²) >= 11 is 1.32. The van der Waals surface area contributed by atoms with Gasteiger partial charge in [0.15, 0.2) is 4.96 Å². The van der Waals surface area contributed by atoms with Crippen molar-refractivity contribution in [3.63, 3.8) is 0 Å². The number of amides is 1. The highest BCUT2D eigenvalue weighted by Gasteiger charge is 2.15. The van der Waals surface area contributed by atoms with Crippen LogP contribution in [-0.4, -0.2) is 21.3 Å². The van der Waals surface area contributed by atoms with E-state index in [4.69, 9.17) is 4.74 Å². The molecule has 4 rings (SSSR count). The lowest BCUT2D eigenvalue weighted by atomic mass is 10.1. The Bertz CT molecular complexity index is 1260. The first-order valence-corrected chi connectivity index (χ1v) is 10.0. The van der Waals surface area contributed by atoms with Crippen LogP contribution < -0.4 is 10.9 Å². The molecule has 0 bridgehead atoms. The second-order valence-corrected chi connectivity index (χ2v) is 7.35. The summed E-state index contributed by atoms with van der Waals surface area (Å²) in [6, 6.07) is 17.3. The standard InChI is InChI=1S/C22H17N3O4S/c26-19(12-15-6-2-1-3-7-15)24-18-9-5-4-8-17(18)21(28)29-14-16-13-20(27)25-10-11-30-22(25)23-16/h1-11,13H,12,14H2,(H,24,26). The Labute approximate surface area is 175 Å². The maximum absolute atomic E-state index is 12.6. The van der Waals surface area contributed by atoms with Crippen molar-refractivity contribution in [2.24, 2.45) is 0 Å². The molecule has 150 valence electrons. The lowest BCUT2D eigenvalue weighted by Crippen LogP contribution is -2.18. The molecule has 0 aliphatic carbocycles. The minimum atomic E-state index is -0.612. The third-order valence-electron chi connectivity index (χ3n) is 4.34. The molecule has 0 saturated carbocycles. The maximum atomic E-state index is 12.6. The van der Waals surface area contributed by atoms with Crippen molar-refractivity contribution in [2.75, 3.05) is 5.32 Å². The third kappa shape index (κ3) is 4.44. The molecule has 0 aliphatic heterocycles. The van der Waals surface area contributed by atoms with Gasteiger partial charge in [-0.2, -0.15) is 0 Å². The van der Waals surface area contributed by atoms with Crippen molar-refractivity contribution >= 4 is 33.9 Å². The molecule has 7 nitrogen and oxygen atoms in total. The number of aromatic nitrogens is 2. The quantitative estimate of drug-likeness (QED) is 0.485. The highest BCUT2D eigenvalue weighted by Crippen LogP contribution is 2.18. The average molecular weight is 419 g/mol. The fourth-order valence-corrected chi connectivity index (χ4v) is 3.66. The smallest absolute Gasteiger partial charge is 0.340 e. The van der Waals surface area contributed by atoms with Crippen LogP contribution in [0, 0.1) is 0 Å².